The molecule has 1 nitrogen and oxygen atoms in total. The first-order valence-corrected chi connectivity index (χ1v) is 6.67. The van der Waals surface area contributed by atoms with E-state index < -0.39 is 0 Å². The van der Waals surface area contributed by atoms with Crippen molar-refractivity contribution in [3.8, 4) is 0 Å². The Bertz CT molecular complexity index is 334. The van der Waals surface area contributed by atoms with Gasteiger partial charge in [-0.2, -0.15) is 0 Å². The molecule has 0 aromatic carbocycles. The average molecular weight is 274 g/mol. The monoisotopic (exact) mass is 273 g/mol. The number of hydrogen-bond donors (Lipinski definition) is 1. The van der Waals surface area contributed by atoms with Crippen molar-refractivity contribution in [2.45, 2.75) is 26.3 Å². The topological polar surface area (TPSA) is 12.0 Å². The first-order chi connectivity index (χ1) is 6.63. The van der Waals surface area contributed by atoms with Crippen molar-refractivity contribution >= 4 is 27.3 Å². The fourth-order valence-electron chi connectivity index (χ4n) is 2.07. The van der Waals surface area contributed by atoms with E-state index in [9.17, 15) is 0 Å². The Hall–Kier alpha value is 0.140. The van der Waals surface area contributed by atoms with Crippen LogP contribution in [0.15, 0.2) is 10.5 Å². The minimum Gasteiger partial charge on any atom is -0.312 e. The highest BCUT2D eigenvalue weighted by Gasteiger charge is 2.40. The van der Waals surface area contributed by atoms with E-state index in [1.54, 1.807) is 0 Å². The summed E-state index contributed by atoms with van der Waals surface area (Å²) in [7, 11) is 2.07. The van der Waals surface area contributed by atoms with Crippen LogP contribution in [0.5, 0.6) is 0 Å². The fourth-order valence-corrected chi connectivity index (χ4v) is 4.15. The van der Waals surface area contributed by atoms with Gasteiger partial charge in [0.05, 0.1) is 0 Å². The van der Waals surface area contributed by atoms with Gasteiger partial charge in [0.15, 0.2) is 0 Å². The molecule has 1 saturated carbocycles. The molecule has 0 saturated heterocycles. The van der Waals surface area contributed by atoms with Crippen LogP contribution in [-0.4, -0.2) is 7.05 Å². The van der Waals surface area contributed by atoms with Gasteiger partial charge in [-0.25, -0.2) is 0 Å². The smallest absolute Gasteiger partial charge is 0.0455 e. The second kappa shape index (κ2) is 3.95. The van der Waals surface area contributed by atoms with E-state index in [4.69, 9.17) is 0 Å². The Morgan fingerprint density at radius 1 is 1.64 bits per heavy atom. The lowest BCUT2D eigenvalue weighted by Crippen LogP contribution is -2.18. The summed E-state index contributed by atoms with van der Waals surface area (Å²) in [6, 6.07) is 2.77. The summed E-state index contributed by atoms with van der Waals surface area (Å²) in [6.07, 6.45) is 1.37. The quantitative estimate of drug-likeness (QED) is 0.885. The molecule has 78 valence electrons. The highest BCUT2D eigenvalue weighted by Crippen LogP contribution is 2.49. The summed E-state index contributed by atoms with van der Waals surface area (Å²) in [5.41, 5.74) is 0. The van der Waals surface area contributed by atoms with Crippen molar-refractivity contribution in [3.05, 3.63) is 20.3 Å². The van der Waals surface area contributed by atoms with Crippen LogP contribution in [0, 0.1) is 18.8 Å². The number of halogens is 1. The van der Waals surface area contributed by atoms with Gasteiger partial charge in [0.2, 0.25) is 0 Å². The molecule has 0 aliphatic heterocycles. The fraction of sp³-hybridized carbons (Fsp3) is 0.636. The second-order valence-corrected chi connectivity index (χ2v) is 6.35. The standard InChI is InChI=1S/C11H16BrNS/c1-6-4-8(6)10(13-3)11-9(12)5-7(2)14-11/h5-6,8,10,13H,4H2,1-3H3. The lowest BCUT2D eigenvalue weighted by Gasteiger charge is -2.14. The van der Waals surface area contributed by atoms with Crippen LogP contribution in [-0.2, 0) is 0 Å². The van der Waals surface area contributed by atoms with Gasteiger partial charge in [-0.1, -0.05) is 6.92 Å². The van der Waals surface area contributed by atoms with Crippen molar-refractivity contribution < 1.29 is 0 Å². The minimum absolute atomic E-state index is 0.554. The van der Waals surface area contributed by atoms with Crippen LogP contribution in [0.1, 0.15) is 29.1 Å². The first-order valence-electron chi connectivity index (χ1n) is 5.06. The molecule has 14 heavy (non-hydrogen) atoms. The molecule has 1 N–H and O–H groups in total. The van der Waals surface area contributed by atoms with Gasteiger partial charge in [0, 0.05) is 20.3 Å². The molecule has 1 fully saturated rings. The molecule has 1 aromatic rings. The maximum absolute atomic E-state index is 3.64. The average Bonchev–Trinajstić information content (AvgIpc) is 2.72. The Labute approximate surface area is 98.0 Å². The van der Waals surface area contributed by atoms with Crippen LogP contribution in [0.2, 0.25) is 0 Å². The summed E-state index contributed by atoms with van der Waals surface area (Å²) in [5, 5.41) is 3.45. The zero-order valence-corrected chi connectivity index (χ0v) is 11.2. The molecule has 3 unspecified atom stereocenters. The molecule has 1 aromatic heterocycles. The predicted octanol–water partition coefficient (Wildman–Crippen LogP) is 3.74. The zero-order valence-electron chi connectivity index (χ0n) is 8.80. The highest BCUT2D eigenvalue weighted by atomic mass is 79.9. The number of hydrogen-bond acceptors (Lipinski definition) is 2. The van der Waals surface area contributed by atoms with Gasteiger partial charge in [0.1, 0.15) is 0 Å². The maximum atomic E-state index is 3.64. The Kier molecular flexibility index (Phi) is 3.01. The molecule has 1 aliphatic rings. The Morgan fingerprint density at radius 3 is 2.64 bits per heavy atom. The summed E-state index contributed by atoms with van der Waals surface area (Å²) in [4.78, 5) is 2.86. The van der Waals surface area contributed by atoms with Crippen LogP contribution in [0.3, 0.4) is 0 Å². The molecular formula is C11H16BrNS. The Morgan fingerprint density at radius 2 is 2.29 bits per heavy atom. The molecule has 1 heterocycles. The Balaban J connectivity index is 2.23. The van der Waals surface area contributed by atoms with Crippen LogP contribution < -0.4 is 5.32 Å². The van der Waals surface area contributed by atoms with E-state index in [2.05, 4.69) is 48.2 Å². The SMILES string of the molecule is CNC(c1sc(C)cc1Br)C1CC1C. The van der Waals surface area contributed by atoms with Crippen molar-refractivity contribution in [1.29, 1.82) is 0 Å². The molecule has 3 heteroatoms. The van der Waals surface area contributed by atoms with E-state index in [1.807, 2.05) is 11.3 Å². The first kappa shape index (κ1) is 10.7. The number of thiophene rings is 1. The van der Waals surface area contributed by atoms with Crippen LogP contribution >= 0.6 is 27.3 Å². The van der Waals surface area contributed by atoms with Crippen molar-refractivity contribution in [2.75, 3.05) is 7.05 Å². The third kappa shape index (κ3) is 1.90. The predicted molar refractivity (Wildman–Crippen MR) is 65.8 cm³/mol. The molecule has 0 amide bonds. The molecule has 2 rings (SSSR count). The number of nitrogens with one attached hydrogen (secondary N) is 1. The third-order valence-electron chi connectivity index (χ3n) is 3.03. The van der Waals surface area contributed by atoms with Gasteiger partial charge in [0.25, 0.3) is 0 Å². The van der Waals surface area contributed by atoms with Gasteiger partial charge in [-0.3, -0.25) is 0 Å². The number of aryl methyl sites for hydroxylation is 1. The number of rotatable bonds is 3. The van der Waals surface area contributed by atoms with Gasteiger partial charge < -0.3 is 5.32 Å². The molecule has 0 radical (unpaired) electrons. The normalized spacial score (nSPS) is 27.7. The summed E-state index contributed by atoms with van der Waals surface area (Å²) in [6.45, 7) is 4.51. The van der Waals surface area contributed by atoms with Crippen molar-refractivity contribution in [1.82, 2.24) is 5.32 Å². The van der Waals surface area contributed by atoms with Gasteiger partial charge >= 0.3 is 0 Å². The molecule has 1 aliphatic carbocycles. The minimum atomic E-state index is 0.554. The molecule has 0 bridgehead atoms. The summed E-state index contributed by atoms with van der Waals surface area (Å²) in [5.74, 6) is 1.73. The van der Waals surface area contributed by atoms with E-state index >= 15 is 0 Å². The second-order valence-electron chi connectivity index (χ2n) is 4.21. The van der Waals surface area contributed by atoms with Crippen LogP contribution in [0.25, 0.3) is 0 Å². The van der Waals surface area contributed by atoms with E-state index in [0.29, 0.717) is 6.04 Å². The summed E-state index contributed by atoms with van der Waals surface area (Å²) >= 11 is 5.55. The van der Waals surface area contributed by atoms with E-state index in [0.717, 1.165) is 11.8 Å². The molecule has 0 spiro atoms. The van der Waals surface area contributed by atoms with E-state index in [-0.39, 0.29) is 0 Å². The molecule has 3 atom stereocenters. The summed E-state index contributed by atoms with van der Waals surface area (Å²) < 4.78 is 1.28. The third-order valence-corrected chi connectivity index (χ3v) is 5.08. The highest BCUT2D eigenvalue weighted by molar-refractivity contribution is 9.10. The maximum Gasteiger partial charge on any atom is 0.0455 e. The lowest BCUT2D eigenvalue weighted by molar-refractivity contribution is 0.510. The van der Waals surface area contributed by atoms with Gasteiger partial charge in [-0.05, 0) is 54.2 Å². The van der Waals surface area contributed by atoms with Crippen molar-refractivity contribution in [3.63, 3.8) is 0 Å². The van der Waals surface area contributed by atoms with Crippen LogP contribution in [0.4, 0.5) is 0 Å². The van der Waals surface area contributed by atoms with Gasteiger partial charge in [-0.15, -0.1) is 11.3 Å². The molecular weight excluding hydrogens is 258 g/mol. The van der Waals surface area contributed by atoms with E-state index in [1.165, 1.54) is 20.6 Å². The van der Waals surface area contributed by atoms with Crippen molar-refractivity contribution in [2.24, 2.45) is 11.8 Å². The largest absolute Gasteiger partial charge is 0.312 e. The zero-order chi connectivity index (χ0) is 10.3. The lowest BCUT2D eigenvalue weighted by atomic mass is 10.1.